The fourth-order valence-electron chi connectivity index (χ4n) is 2.98. The van der Waals surface area contributed by atoms with E-state index in [0.717, 1.165) is 18.0 Å². The molecule has 3 heterocycles. The van der Waals surface area contributed by atoms with Crippen molar-refractivity contribution in [2.45, 2.75) is 33.0 Å². The van der Waals surface area contributed by atoms with E-state index in [1.54, 1.807) is 19.3 Å². The van der Waals surface area contributed by atoms with Crippen LogP contribution in [0.15, 0.2) is 41.1 Å². The van der Waals surface area contributed by atoms with Crippen LogP contribution in [0.4, 0.5) is 0 Å². The highest BCUT2D eigenvalue weighted by molar-refractivity contribution is 5.76. The second-order valence-corrected chi connectivity index (χ2v) is 5.98. The minimum Gasteiger partial charge on any atom is -0.467 e. The van der Waals surface area contributed by atoms with Crippen molar-refractivity contribution in [1.29, 1.82) is 0 Å². The maximum Gasteiger partial charge on any atom is 0.220 e. The van der Waals surface area contributed by atoms with Crippen molar-refractivity contribution in [3.8, 4) is 0 Å². The smallest absolute Gasteiger partial charge is 0.220 e. The molecule has 1 aliphatic heterocycles. The summed E-state index contributed by atoms with van der Waals surface area (Å²) < 4.78 is 7.34. The highest BCUT2D eigenvalue weighted by Crippen LogP contribution is 2.19. The van der Waals surface area contributed by atoms with Crippen molar-refractivity contribution >= 4 is 11.8 Å². The maximum atomic E-state index is 12.2. The molecule has 23 heavy (non-hydrogen) atoms. The Morgan fingerprint density at radius 3 is 2.91 bits per heavy atom. The Balaban J connectivity index is 1.61. The summed E-state index contributed by atoms with van der Waals surface area (Å²) >= 11 is 0. The zero-order valence-electron chi connectivity index (χ0n) is 13.2. The van der Waals surface area contributed by atoms with Crippen molar-refractivity contribution in [2.24, 2.45) is 5.92 Å². The molecule has 0 saturated carbocycles. The Labute approximate surface area is 135 Å². The van der Waals surface area contributed by atoms with Gasteiger partial charge in [0.2, 0.25) is 11.8 Å². The number of nitrogens with zero attached hydrogens (tertiary/aromatic N) is 2. The highest BCUT2D eigenvalue weighted by Gasteiger charge is 2.24. The van der Waals surface area contributed by atoms with E-state index in [0.29, 0.717) is 26.1 Å². The van der Waals surface area contributed by atoms with Gasteiger partial charge < -0.3 is 19.2 Å². The number of nitrogens with one attached hydrogen (secondary N) is 1. The van der Waals surface area contributed by atoms with Crippen LogP contribution in [0.5, 0.6) is 0 Å². The van der Waals surface area contributed by atoms with Gasteiger partial charge in [-0.15, -0.1) is 0 Å². The summed E-state index contributed by atoms with van der Waals surface area (Å²) in [4.78, 5) is 25.8. The maximum absolute atomic E-state index is 12.2. The second-order valence-electron chi connectivity index (χ2n) is 5.98. The molecule has 1 N–H and O–H groups in total. The molecule has 0 radical (unpaired) electrons. The standard InChI is InChI=1S/C17H21N3O3/c1-13(21)20-11-14(10-19-6-2-4-15(19)12-20)8-17(22)18-9-16-5-3-7-23-16/h2-7,14H,8-12H2,1H3,(H,18,22)/t14-/m1/s1. The molecule has 2 aromatic heterocycles. The molecule has 122 valence electrons. The van der Waals surface area contributed by atoms with Gasteiger partial charge in [0.1, 0.15) is 5.76 Å². The van der Waals surface area contributed by atoms with Crippen LogP contribution in [-0.2, 0) is 29.2 Å². The zero-order valence-corrected chi connectivity index (χ0v) is 13.2. The summed E-state index contributed by atoms with van der Waals surface area (Å²) in [5.41, 5.74) is 1.11. The van der Waals surface area contributed by atoms with Gasteiger partial charge in [-0.3, -0.25) is 9.59 Å². The molecule has 0 bridgehead atoms. The van der Waals surface area contributed by atoms with E-state index < -0.39 is 0 Å². The summed E-state index contributed by atoms with van der Waals surface area (Å²) in [6, 6.07) is 7.63. The molecule has 6 heteroatoms. The van der Waals surface area contributed by atoms with Gasteiger partial charge in [-0.05, 0) is 24.3 Å². The van der Waals surface area contributed by atoms with Crippen molar-refractivity contribution in [3.63, 3.8) is 0 Å². The number of amides is 2. The molecular formula is C17H21N3O3. The lowest BCUT2D eigenvalue weighted by molar-refractivity contribution is -0.131. The number of furan rings is 1. The Morgan fingerprint density at radius 2 is 2.17 bits per heavy atom. The molecule has 2 amide bonds. The molecule has 0 spiro atoms. The minimum atomic E-state index is -0.0227. The van der Waals surface area contributed by atoms with E-state index in [9.17, 15) is 9.59 Å². The predicted octanol–water partition coefficient (Wildman–Crippen LogP) is 1.77. The van der Waals surface area contributed by atoms with Crippen LogP contribution < -0.4 is 5.32 Å². The van der Waals surface area contributed by atoms with Gasteiger partial charge in [-0.1, -0.05) is 0 Å². The lowest BCUT2D eigenvalue weighted by Crippen LogP contribution is -2.34. The summed E-state index contributed by atoms with van der Waals surface area (Å²) in [5, 5.41) is 2.87. The SMILES string of the molecule is CC(=O)N1Cc2cccn2C[C@@H](CC(=O)NCc2ccco2)C1. The predicted molar refractivity (Wildman–Crippen MR) is 84.2 cm³/mol. The Hall–Kier alpha value is -2.50. The molecule has 0 fully saturated rings. The van der Waals surface area contributed by atoms with E-state index in [4.69, 9.17) is 4.42 Å². The Bertz CT molecular complexity index is 675. The van der Waals surface area contributed by atoms with E-state index in [2.05, 4.69) is 9.88 Å². The van der Waals surface area contributed by atoms with E-state index in [-0.39, 0.29) is 17.7 Å². The topological polar surface area (TPSA) is 67.5 Å². The zero-order chi connectivity index (χ0) is 16.2. The average Bonchev–Trinajstić information content (AvgIpc) is 3.14. The number of aromatic nitrogens is 1. The lowest BCUT2D eigenvalue weighted by Gasteiger charge is -2.22. The van der Waals surface area contributed by atoms with Gasteiger partial charge in [0.25, 0.3) is 0 Å². The number of carbonyl (C=O) groups excluding carboxylic acids is 2. The average molecular weight is 315 g/mol. The number of carbonyl (C=O) groups is 2. The third-order valence-corrected chi connectivity index (χ3v) is 4.17. The van der Waals surface area contributed by atoms with E-state index >= 15 is 0 Å². The van der Waals surface area contributed by atoms with Gasteiger partial charge in [0.05, 0.1) is 19.4 Å². The highest BCUT2D eigenvalue weighted by atomic mass is 16.3. The summed E-state index contributed by atoms with van der Waals surface area (Å²) in [6.07, 6.45) is 3.99. The number of hydrogen-bond acceptors (Lipinski definition) is 3. The lowest BCUT2D eigenvalue weighted by atomic mass is 10.0. The molecule has 6 nitrogen and oxygen atoms in total. The van der Waals surface area contributed by atoms with Crippen LogP contribution >= 0.6 is 0 Å². The molecule has 1 atom stereocenters. The molecule has 1 aliphatic rings. The van der Waals surface area contributed by atoms with Crippen molar-refractivity contribution in [3.05, 3.63) is 48.2 Å². The van der Waals surface area contributed by atoms with Gasteiger partial charge in [0, 0.05) is 44.2 Å². The number of fused-ring (bicyclic) bond motifs is 1. The Morgan fingerprint density at radius 1 is 1.30 bits per heavy atom. The molecule has 2 aromatic rings. The first-order valence-electron chi connectivity index (χ1n) is 7.80. The third kappa shape index (κ3) is 3.83. The molecule has 0 aliphatic carbocycles. The van der Waals surface area contributed by atoms with Crippen LogP contribution in [0.1, 0.15) is 24.8 Å². The van der Waals surface area contributed by atoms with E-state index in [1.165, 1.54) is 0 Å². The number of hydrogen-bond donors (Lipinski definition) is 1. The third-order valence-electron chi connectivity index (χ3n) is 4.17. The fraction of sp³-hybridized carbons (Fsp3) is 0.412. The normalized spacial score (nSPS) is 17.4. The summed E-state index contributed by atoms with van der Waals surface area (Å²) in [7, 11) is 0. The molecule has 3 rings (SSSR count). The van der Waals surface area contributed by atoms with Gasteiger partial charge in [0.15, 0.2) is 0 Å². The van der Waals surface area contributed by atoms with Crippen LogP contribution in [0.25, 0.3) is 0 Å². The Kier molecular flexibility index (Phi) is 4.50. The first kappa shape index (κ1) is 15.4. The van der Waals surface area contributed by atoms with Crippen molar-refractivity contribution in [2.75, 3.05) is 6.54 Å². The fourth-order valence-corrected chi connectivity index (χ4v) is 2.98. The quantitative estimate of drug-likeness (QED) is 0.935. The van der Waals surface area contributed by atoms with Crippen molar-refractivity contribution in [1.82, 2.24) is 14.8 Å². The monoisotopic (exact) mass is 315 g/mol. The van der Waals surface area contributed by atoms with Gasteiger partial charge in [-0.25, -0.2) is 0 Å². The van der Waals surface area contributed by atoms with Crippen LogP contribution in [0.2, 0.25) is 0 Å². The molecular weight excluding hydrogens is 294 g/mol. The van der Waals surface area contributed by atoms with Crippen molar-refractivity contribution < 1.29 is 14.0 Å². The number of rotatable bonds is 4. The van der Waals surface area contributed by atoms with E-state index in [1.807, 2.05) is 29.3 Å². The summed E-state index contributed by atoms with van der Waals surface area (Å²) in [5.74, 6) is 0.854. The van der Waals surface area contributed by atoms with Crippen LogP contribution in [-0.4, -0.2) is 27.8 Å². The molecule has 0 unspecified atom stereocenters. The summed E-state index contributed by atoms with van der Waals surface area (Å²) in [6.45, 7) is 3.93. The minimum absolute atomic E-state index is 0.0227. The van der Waals surface area contributed by atoms with Crippen LogP contribution in [0.3, 0.4) is 0 Å². The molecule has 0 saturated heterocycles. The first-order chi connectivity index (χ1) is 11.1. The first-order valence-corrected chi connectivity index (χ1v) is 7.80. The van der Waals surface area contributed by atoms with Crippen LogP contribution in [0, 0.1) is 5.92 Å². The van der Waals surface area contributed by atoms with Gasteiger partial charge >= 0.3 is 0 Å². The molecule has 0 aromatic carbocycles. The van der Waals surface area contributed by atoms with Gasteiger partial charge in [-0.2, -0.15) is 0 Å². The largest absolute Gasteiger partial charge is 0.467 e. The second kappa shape index (κ2) is 6.73.